The van der Waals surface area contributed by atoms with Gasteiger partial charge in [0, 0.05) is 0 Å². The predicted molar refractivity (Wildman–Crippen MR) is 56.1 cm³/mol. The van der Waals surface area contributed by atoms with Crippen molar-refractivity contribution < 1.29 is 27.1 Å². The Labute approximate surface area is 96.8 Å². The summed E-state index contributed by atoms with van der Waals surface area (Å²) in [6, 6.07) is 2.77. The number of benzene rings is 1. The second kappa shape index (κ2) is 5.22. The Morgan fingerprint density at radius 3 is 2.41 bits per heavy atom. The van der Waals surface area contributed by atoms with Crippen LogP contribution in [0.4, 0.5) is 8.78 Å². The summed E-state index contributed by atoms with van der Waals surface area (Å²) in [5, 5.41) is 8.35. The molecule has 1 aromatic carbocycles. The van der Waals surface area contributed by atoms with Gasteiger partial charge in [0.2, 0.25) is 0 Å². The number of carboxylic acid groups (broad SMARTS) is 1. The number of hydrogen-bond donors (Lipinski definition) is 1. The van der Waals surface area contributed by atoms with Crippen LogP contribution in [0.2, 0.25) is 0 Å². The Hall–Kier alpha value is -1.50. The maximum absolute atomic E-state index is 12.8. The van der Waals surface area contributed by atoms with Crippen molar-refractivity contribution in [3.63, 3.8) is 0 Å². The van der Waals surface area contributed by atoms with Crippen molar-refractivity contribution in [1.82, 2.24) is 0 Å². The van der Waals surface area contributed by atoms with Gasteiger partial charge < -0.3 is 5.11 Å². The molecule has 0 heterocycles. The van der Waals surface area contributed by atoms with Crippen LogP contribution in [0.25, 0.3) is 0 Å². The lowest BCUT2D eigenvalue weighted by molar-refractivity contribution is -0.136. The molecule has 0 aromatic heterocycles. The van der Waals surface area contributed by atoms with Crippen LogP contribution in [0.1, 0.15) is 12.0 Å². The molecule has 0 aliphatic heterocycles. The molecule has 0 bridgehead atoms. The highest BCUT2D eigenvalue weighted by Gasteiger charge is 2.15. The molecule has 1 rings (SSSR count). The lowest BCUT2D eigenvalue weighted by Crippen LogP contribution is -2.13. The molecule has 1 aromatic rings. The Balaban J connectivity index is 2.76. The van der Waals surface area contributed by atoms with Gasteiger partial charge in [-0.2, -0.15) is 0 Å². The maximum atomic E-state index is 12.8. The Morgan fingerprint density at radius 2 is 1.88 bits per heavy atom. The van der Waals surface area contributed by atoms with Crippen LogP contribution < -0.4 is 0 Å². The molecule has 4 nitrogen and oxygen atoms in total. The van der Waals surface area contributed by atoms with Crippen LogP contribution in [-0.2, 0) is 20.4 Å². The van der Waals surface area contributed by atoms with Crippen molar-refractivity contribution in [3.8, 4) is 0 Å². The zero-order chi connectivity index (χ0) is 13.1. The van der Waals surface area contributed by atoms with Gasteiger partial charge in [-0.05, 0) is 17.7 Å². The van der Waals surface area contributed by atoms with E-state index in [1.54, 1.807) is 0 Å². The van der Waals surface area contributed by atoms with E-state index >= 15 is 0 Å². The summed E-state index contributed by atoms with van der Waals surface area (Å²) in [6.45, 7) is 0. The fourth-order valence-corrected chi connectivity index (χ4v) is 2.52. The summed E-state index contributed by atoms with van der Waals surface area (Å²) >= 11 is 0. The largest absolute Gasteiger partial charge is 0.481 e. The van der Waals surface area contributed by atoms with Gasteiger partial charge in [0.1, 0.15) is 0 Å². The fourth-order valence-electron chi connectivity index (χ4n) is 1.20. The van der Waals surface area contributed by atoms with E-state index in [0.717, 1.165) is 18.2 Å². The first-order chi connectivity index (χ1) is 7.80. The third-order valence-corrected chi connectivity index (χ3v) is 3.60. The van der Waals surface area contributed by atoms with Crippen LogP contribution in [0.15, 0.2) is 18.2 Å². The van der Waals surface area contributed by atoms with Crippen LogP contribution in [-0.4, -0.2) is 25.2 Å². The van der Waals surface area contributed by atoms with E-state index in [0.29, 0.717) is 0 Å². The molecular formula is C10H10F2O4S. The molecule has 0 atom stereocenters. The summed E-state index contributed by atoms with van der Waals surface area (Å²) in [7, 11) is -3.63. The topological polar surface area (TPSA) is 71.4 Å². The van der Waals surface area contributed by atoms with Crippen molar-refractivity contribution in [3.05, 3.63) is 35.4 Å². The van der Waals surface area contributed by atoms with Gasteiger partial charge in [-0.15, -0.1) is 0 Å². The van der Waals surface area contributed by atoms with Crippen molar-refractivity contribution in [1.29, 1.82) is 0 Å². The summed E-state index contributed by atoms with van der Waals surface area (Å²) in [5.41, 5.74) is 0.0919. The summed E-state index contributed by atoms with van der Waals surface area (Å²) in [5.74, 6) is -4.44. The fraction of sp³-hybridized carbons (Fsp3) is 0.300. The zero-order valence-electron chi connectivity index (χ0n) is 8.69. The molecule has 0 radical (unpaired) electrons. The molecule has 7 heteroatoms. The van der Waals surface area contributed by atoms with Crippen LogP contribution in [0, 0.1) is 11.6 Å². The number of carboxylic acids is 1. The third-order valence-electron chi connectivity index (χ3n) is 2.00. The Bertz CT molecular complexity index is 525. The van der Waals surface area contributed by atoms with Crippen LogP contribution >= 0.6 is 0 Å². The lowest BCUT2D eigenvalue weighted by atomic mass is 10.2. The molecule has 0 saturated carbocycles. The van der Waals surface area contributed by atoms with Crippen molar-refractivity contribution in [2.45, 2.75) is 12.2 Å². The van der Waals surface area contributed by atoms with Gasteiger partial charge in [0.15, 0.2) is 21.5 Å². The molecule has 0 saturated heterocycles. The molecule has 0 spiro atoms. The quantitative estimate of drug-likeness (QED) is 0.871. The van der Waals surface area contributed by atoms with E-state index < -0.39 is 45.4 Å². The average molecular weight is 264 g/mol. The number of aliphatic carboxylic acids is 1. The van der Waals surface area contributed by atoms with E-state index in [-0.39, 0.29) is 5.56 Å². The smallest absolute Gasteiger partial charge is 0.304 e. The molecule has 0 aliphatic rings. The van der Waals surface area contributed by atoms with Gasteiger partial charge in [0.25, 0.3) is 0 Å². The highest BCUT2D eigenvalue weighted by Crippen LogP contribution is 2.12. The summed E-state index contributed by atoms with van der Waals surface area (Å²) in [4.78, 5) is 10.2. The van der Waals surface area contributed by atoms with Crippen molar-refractivity contribution in [2.75, 3.05) is 5.75 Å². The van der Waals surface area contributed by atoms with Crippen molar-refractivity contribution in [2.24, 2.45) is 0 Å². The number of hydrogen-bond acceptors (Lipinski definition) is 3. The molecule has 17 heavy (non-hydrogen) atoms. The lowest BCUT2D eigenvalue weighted by Gasteiger charge is -2.03. The maximum Gasteiger partial charge on any atom is 0.304 e. The summed E-state index contributed by atoms with van der Waals surface area (Å²) < 4.78 is 48.2. The van der Waals surface area contributed by atoms with E-state index in [1.165, 1.54) is 0 Å². The molecule has 0 fully saturated rings. The van der Waals surface area contributed by atoms with E-state index in [4.69, 9.17) is 5.11 Å². The van der Waals surface area contributed by atoms with Gasteiger partial charge >= 0.3 is 5.97 Å². The molecular weight excluding hydrogens is 254 g/mol. The second-order valence-electron chi connectivity index (χ2n) is 3.48. The molecule has 94 valence electrons. The first kappa shape index (κ1) is 13.6. The first-order valence-electron chi connectivity index (χ1n) is 4.66. The van der Waals surface area contributed by atoms with E-state index in [9.17, 15) is 22.0 Å². The Kier molecular flexibility index (Phi) is 4.17. The van der Waals surface area contributed by atoms with Crippen molar-refractivity contribution >= 4 is 15.8 Å². The standard InChI is InChI=1S/C10H10F2O4S/c11-8-2-1-7(5-9(8)12)6-17(15,16)4-3-10(13)14/h1-2,5H,3-4,6H2,(H,13,14). The highest BCUT2D eigenvalue weighted by molar-refractivity contribution is 7.90. The van der Waals surface area contributed by atoms with Crippen LogP contribution in [0.3, 0.4) is 0 Å². The van der Waals surface area contributed by atoms with E-state index in [2.05, 4.69) is 0 Å². The van der Waals surface area contributed by atoms with Gasteiger partial charge in [0.05, 0.1) is 17.9 Å². The number of carbonyl (C=O) groups is 1. The third kappa shape index (κ3) is 4.48. The van der Waals surface area contributed by atoms with Gasteiger partial charge in [-0.1, -0.05) is 6.07 Å². The molecule has 0 amide bonds. The van der Waals surface area contributed by atoms with Gasteiger partial charge in [-0.3, -0.25) is 4.79 Å². The monoisotopic (exact) mass is 264 g/mol. The first-order valence-corrected chi connectivity index (χ1v) is 6.48. The highest BCUT2D eigenvalue weighted by atomic mass is 32.2. The SMILES string of the molecule is O=C(O)CCS(=O)(=O)Cc1ccc(F)c(F)c1. The predicted octanol–water partition coefficient (Wildman–Crippen LogP) is 1.35. The minimum absolute atomic E-state index is 0.0919. The normalized spacial score (nSPS) is 11.4. The summed E-state index contributed by atoms with van der Waals surface area (Å²) in [6.07, 6.45) is -0.508. The minimum atomic E-state index is -3.63. The Morgan fingerprint density at radius 1 is 1.24 bits per heavy atom. The van der Waals surface area contributed by atoms with E-state index in [1.807, 2.05) is 0 Å². The molecule has 0 unspecified atom stereocenters. The minimum Gasteiger partial charge on any atom is -0.481 e. The number of rotatable bonds is 5. The van der Waals surface area contributed by atoms with Crippen LogP contribution in [0.5, 0.6) is 0 Å². The second-order valence-corrected chi connectivity index (χ2v) is 5.67. The molecule has 0 aliphatic carbocycles. The van der Waals surface area contributed by atoms with Gasteiger partial charge in [-0.25, -0.2) is 17.2 Å². The molecule has 1 N–H and O–H groups in total. The number of sulfone groups is 1. The average Bonchev–Trinajstić information content (AvgIpc) is 2.21. The number of halogens is 2. The zero-order valence-corrected chi connectivity index (χ0v) is 9.51.